The van der Waals surface area contributed by atoms with Gasteiger partial charge in [-0.25, -0.2) is 4.79 Å². The first-order chi connectivity index (χ1) is 15.7. The second-order valence-corrected chi connectivity index (χ2v) is 8.32. The Morgan fingerprint density at radius 1 is 1.18 bits per heavy atom. The number of hydrogen-bond acceptors (Lipinski definition) is 7. The van der Waals surface area contributed by atoms with E-state index in [4.69, 9.17) is 37.8 Å². The molecule has 3 rings (SSSR count). The van der Waals surface area contributed by atoms with Crippen LogP contribution in [0.1, 0.15) is 5.56 Å². The summed E-state index contributed by atoms with van der Waals surface area (Å²) < 4.78 is 10.3. The van der Waals surface area contributed by atoms with Gasteiger partial charge in [0.05, 0.1) is 27.7 Å². The number of aliphatic carboxylic acids is 1. The third-order valence-corrected chi connectivity index (χ3v) is 5.73. The van der Waals surface area contributed by atoms with Crippen LogP contribution in [0.3, 0.4) is 0 Å². The number of nitrogens with zero attached hydrogens (tertiary/aromatic N) is 1. The van der Waals surface area contributed by atoms with Crippen molar-refractivity contribution in [2.45, 2.75) is 0 Å². The number of thioether (sulfide) groups is 1. The molecule has 0 aromatic heterocycles. The molecule has 3 amide bonds. The summed E-state index contributed by atoms with van der Waals surface area (Å²) in [4.78, 5) is 49.0. The lowest BCUT2D eigenvalue weighted by molar-refractivity contribution is -0.139. The first-order valence-electron chi connectivity index (χ1n) is 9.21. The second kappa shape index (κ2) is 10.6. The summed E-state index contributed by atoms with van der Waals surface area (Å²) in [6.07, 6.45) is 1.41. The molecule has 1 aliphatic heterocycles. The van der Waals surface area contributed by atoms with E-state index in [1.807, 2.05) is 0 Å². The molecule has 1 fully saturated rings. The van der Waals surface area contributed by atoms with Gasteiger partial charge in [-0.15, -0.1) is 0 Å². The summed E-state index contributed by atoms with van der Waals surface area (Å²) in [6, 6.07) is 9.47. The van der Waals surface area contributed by atoms with Crippen LogP contribution in [0.2, 0.25) is 10.0 Å². The Morgan fingerprint density at radius 3 is 2.58 bits per heavy atom. The molecule has 0 aliphatic carbocycles. The average Bonchev–Trinajstić information content (AvgIpc) is 3.01. The predicted molar refractivity (Wildman–Crippen MR) is 124 cm³/mol. The number of methoxy groups -OCH3 is 1. The molecule has 0 atom stereocenters. The number of imide groups is 1. The number of anilines is 1. The molecule has 2 aromatic rings. The summed E-state index contributed by atoms with van der Waals surface area (Å²) in [6.45, 7) is -1.11. The van der Waals surface area contributed by atoms with Gasteiger partial charge in [-0.05, 0) is 47.7 Å². The molecular weight excluding hydrogens is 495 g/mol. The van der Waals surface area contributed by atoms with Crippen LogP contribution in [0.4, 0.5) is 10.5 Å². The van der Waals surface area contributed by atoms with E-state index in [2.05, 4.69) is 5.32 Å². The second-order valence-electron chi connectivity index (χ2n) is 6.51. The number of carbonyl (C=O) groups is 4. The number of halogens is 2. The van der Waals surface area contributed by atoms with Crippen LogP contribution < -0.4 is 14.8 Å². The number of nitrogens with one attached hydrogen (secondary N) is 1. The molecule has 0 spiro atoms. The Kier molecular flexibility index (Phi) is 7.85. The molecule has 1 heterocycles. The van der Waals surface area contributed by atoms with Crippen LogP contribution in [-0.4, -0.2) is 53.3 Å². The van der Waals surface area contributed by atoms with Crippen molar-refractivity contribution < 1.29 is 33.8 Å². The lowest BCUT2D eigenvalue weighted by atomic mass is 10.1. The minimum Gasteiger partial charge on any atom is -0.493 e. The van der Waals surface area contributed by atoms with Crippen LogP contribution in [0, 0.1) is 0 Å². The zero-order valence-corrected chi connectivity index (χ0v) is 19.3. The van der Waals surface area contributed by atoms with Crippen molar-refractivity contribution in [3.05, 3.63) is 56.9 Å². The van der Waals surface area contributed by atoms with E-state index in [1.165, 1.54) is 25.3 Å². The number of carbonyl (C=O) groups excluding carboxylic acids is 3. The van der Waals surface area contributed by atoms with Gasteiger partial charge in [0.25, 0.3) is 11.1 Å². The molecule has 0 unspecified atom stereocenters. The quantitative estimate of drug-likeness (QED) is 0.508. The van der Waals surface area contributed by atoms with Crippen molar-refractivity contribution in [3.63, 3.8) is 0 Å². The lowest BCUT2D eigenvalue weighted by Gasteiger charge is -2.13. The Bertz CT molecular complexity index is 1170. The van der Waals surface area contributed by atoms with Crippen LogP contribution in [0.25, 0.3) is 6.08 Å². The first-order valence-corrected chi connectivity index (χ1v) is 10.8. The maximum Gasteiger partial charge on any atom is 0.341 e. The molecule has 1 aliphatic rings. The van der Waals surface area contributed by atoms with Gasteiger partial charge in [-0.1, -0.05) is 35.3 Å². The number of ether oxygens (including phenoxy) is 2. The van der Waals surface area contributed by atoms with Gasteiger partial charge in [0.15, 0.2) is 18.1 Å². The van der Waals surface area contributed by atoms with Crippen molar-refractivity contribution in [2.24, 2.45) is 0 Å². The highest BCUT2D eigenvalue weighted by Crippen LogP contribution is 2.39. The fourth-order valence-corrected chi connectivity index (χ4v) is 4.08. The zero-order chi connectivity index (χ0) is 24.1. The fourth-order valence-electron chi connectivity index (χ4n) is 2.78. The topological polar surface area (TPSA) is 122 Å². The molecule has 12 heteroatoms. The summed E-state index contributed by atoms with van der Waals surface area (Å²) in [7, 11) is 1.34. The minimum absolute atomic E-state index is 0.0306. The number of amides is 3. The van der Waals surface area contributed by atoms with Gasteiger partial charge >= 0.3 is 5.97 Å². The van der Waals surface area contributed by atoms with E-state index in [0.29, 0.717) is 28.0 Å². The maximum absolute atomic E-state index is 12.7. The van der Waals surface area contributed by atoms with E-state index < -0.39 is 36.2 Å². The van der Waals surface area contributed by atoms with Crippen molar-refractivity contribution in [3.8, 4) is 11.5 Å². The summed E-state index contributed by atoms with van der Waals surface area (Å²) >= 11 is 12.8. The monoisotopic (exact) mass is 510 g/mol. The van der Waals surface area contributed by atoms with Crippen molar-refractivity contribution in [1.82, 2.24) is 4.90 Å². The zero-order valence-electron chi connectivity index (χ0n) is 17.0. The van der Waals surface area contributed by atoms with Gasteiger partial charge in [-0.3, -0.25) is 19.3 Å². The largest absolute Gasteiger partial charge is 0.493 e. The van der Waals surface area contributed by atoms with Gasteiger partial charge in [0.2, 0.25) is 5.91 Å². The van der Waals surface area contributed by atoms with Crippen LogP contribution >= 0.6 is 35.0 Å². The van der Waals surface area contributed by atoms with Gasteiger partial charge in [0.1, 0.15) is 6.54 Å². The minimum atomic E-state index is -1.19. The van der Waals surface area contributed by atoms with Crippen molar-refractivity contribution in [2.75, 3.05) is 25.6 Å². The average molecular weight is 511 g/mol. The maximum atomic E-state index is 12.7. The van der Waals surface area contributed by atoms with E-state index in [1.54, 1.807) is 24.3 Å². The number of carboxylic acid groups (broad SMARTS) is 1. The standard InChI is InChI=1S/C21H16Cl2N2O7S/c1-31-15-7-11(6-13(23)19(15)32-10-18(27)28)8-16-20(29)25(21(30)33-16)9-17(26)24-14-5-3-2-4-12(14)22/h2-8H,9-10H2,1H3,(H,24,26)(H,27,28)/b16-8+. The van der Waals surface area contributed by atoms with E-state index >= 15 is 0 Å². The number of para-hydroxylation sites is 1. The highest BCUT2D eigenvalue weighted by atomic mass is 35.5. The molecule has 172 valence electrons. The van der Waals surface area contributed by atoms with E-state index in [0.717, 1.165) is 4.90 Å². The van der Waals surface area contributed by atoms with Crippen molar-refractivity contribution >= 4 is 69.8 Å². The normalized spacial score (nSPS) is 14.5. The number of rotatable bonds is 8. The van der Waals surface area contributed by atoms with Gasteiger partial charge in [-0.2, -0.15) is 0 Å². The van der Waals surface area contributed by atoms with E-state index in [-0.39, 0.29) is 21.4 Å². The molecule has 33 heavy (non-hydrogen) atoms. The third kappa shape index (κ3) is 5.98. The highest BCUT2D eigenvalue weighted by Gasteiger charge is 2.36. The number of carboxylic acids is 1. The Morgan fingerprint density at radius 2 is 1.91 bits per heavy atom. The van der Waals surface area contributed by atoms with Crippen LogP contribution in [0.15, 0.2) is 41.3 Å². The number of hydrogen-bond donors (Lipinski definition) is 2. The highest BCUT2D eigenvalue weighted by molar-refractivity contribution is 8.18. The molecule has 2 N–H and O–H groups in total. The molecule has 2 aromatic carbocycles. The SMILES string of the molecule is COc1cc(/C=C2/SC(=O)N(CC(=O)Nc3ccccc3Cl)C2=O)cc(Cl)c1OCC(=O)O. The molecule has 0 radical (unpaired) electrons. The summed E-state index contributed by atoms with van der Waals surface area (Å²) in [5.41, 5.74) is 0.768. The van der Waals surface area contributed by atoms with Crippen molar-refractivity contribution in [1.29, 1.82) is 0 Å². The summed E-state index contributed by atoms with van der Waals surface area (Å²) in [5, 5.41) is 11.1. The smallest absolute Gasteiger partial charge is 0.341 e. The Hall–Kier alpha value is -3.21. The first kappa shape index (κ1) is 24.4. The molecule has 9 nitrogen and oxygen atoms in total. The van der Waals surface area contributed by atoms with Crippen LogP contribution in [0.5, 0.6) is 11.5 Å². The van der Waals surface area contributed by atoms with E-state index in [9.17, 15) is 19.2 Å². The Labute approximate surface area is 202 Å². The predicted octanol–water partition coefficient (Wildman–Crippen LogP) is 4.14. The molecule has 0 bridgehead atoms. The Balaban J connectivity index is 1.76. The van der Waals surface area contributed by atoms with Gasteiger partial charge < -0.3 is 19.9 Å². The lowest BCUT2D eigenvalue weighted by Crippen LogP contribution is -2.36. The number of benzene rings is 2. The molecular formula is C21H16Cl2N2O7S. The van der Waals surface area contributed by atoms with Crippen LogP contribution in [-0.2, 0) is 14.4 Å². The van der Waals surface area contributed by atoms with Gasteiger partial charge in [0, 0.05) is 0 Å². The fraction of sp³-hybridized carbons (Fsp3) is 0.143. The molecule has 1 saturated heterocycles. The molecule has 0 saturated carbocycles. The third-order valence-electron chi connectivity index (χ3n) is 4.21. The summed E-state index contributed by atoms with van der Waals surface area (Å²) in [5.74, 6) is -2.25.